The predicted molar refractivity (Wildman–Crippen MR) is 88.2 cm³/mol. The van der Waals surface area contributed by atoms with Crippen LogP contribution in [0.4, 0.5) is 17.6 Å². The molecule has 0 amide bonds. The van der Waals surface area contributed by atoms with Crippen molar-refractivity contribution < 1.29 is 27.1 Å². The number of carbonyl (C=O) groups excluding carboxylic acids is 1. The summed E-state index contributed by atoms with van der Waals surface area (Å²) < 4.78 is 56.8. The van der Waals surface area contributed by atoms with Crippen LogP contribution in [0.15, 0.2) is 72.8 Å². The summed E-state index contributed by atoms with van der Waals surface area (Å²) in [6, 6.07) is 17.8. The molecule has 3 aromatic rings. The quantitative estimate of drug-likeness (QED) is 0.339. The predicted octanol–water partition coefficient (Wildman–Crippen LogP) is 5.73. The molecule has 0 heterocycles. The monoisotopic (exact) mass is 360 g/mol. The number of alkyl halides is 3. The Morgan fingerprint density at radius 2 is 1.50 bits per heavy atom. The maximum Gasteiger partial charge on any atom is 0.419 e. The lowest BCUT2D eigenvalue weighted by molar-refractivity contribution is -0.140. The van der Waals surface area contributed by atoms with Crippen molar-refractivity contribution in [2.24, 2.45) is 0 Å². The molecule has 0 saturated carbocycles. The van der Waals surface area contributed by atoms with Gasteiger partial charge >= 0.3 is 12.1 Å². The van der Waals surface area contributed by atoms with Crippen LogP contribution in [-0.2, 0) is 6.18 Å². The van der Waals surface area contributed by atoms with Crippen molar-refractivity contribution in [2.75, 3.05) is 0 Å². The third-order valence-corrected chi connectivity index (χ3v) is 3.68. The van der Waals surface area contributed by atoms with Crippen LogP contribution in [0.2, 0.25) is 0 Å². The van der Waals surface area contributed by atoms with E-state index in [1.807, 2.05) is 30.3 Å². The van der Waals surface area contributed by atoms with Crippen LogP contribution in [0.5, 0.6) is 5.75 Å². The molecule has 0 saturated heterocycles. The van der Waals surface area contributed by atoms with Gasteiger partial charge < -0.3 is 4.74 Å². The molecule has 0 aromatic heterocycles. The number of hydrogen-bond acceptors (Lipinski definition) is 2. The first-order chi connectivity index (χ1) is 12.4. The standard InChI is InChI=1S/C20H12F4O2/c21-17-12-14(10-11-16(17)20(22,23)24)19(25)26-18-9-5-4-8-15(18)13-6-2-1-3-7-13/h1-12H. The lowest BCUT2D eigenvalue weighted by Gasteiger charge is -2.12. The molecular weight excluding hydrogens is 348 g/mol. The van der Waals surface area contributed by atoms with Crippen LogP contribution in [-0.4, -0.2) is 5.97 Å². The van der Waals surface area contributed by atoms with E-state index in [9.17, 15) is 22.4 Å². The van der Waals surface area contributed by atoms with Gasteiger partial charge in [-0.3, -0.25) is 0 Å². The Labute approximate surface area is 146 Å². The smallest absolute Gasteiger partial charge is 0.419 e. The van der Waals surface area contributed by atoms with Crippen molar-refractivity contribution in [3.63, 3.8) is 0 Å². The Kier molecular flexibility index (Phi) is 4.75. The number of hydrogen-bond donors (Lipinski definition) is 0. The van der Waals surface area contributed by atoms with Crippen molar-refractivity contribution in [2.45, 2.75) is 6.18 Å². The summed E-state index contributed by atoms with van der Waals surface area (Å²) in [5, 5.41) is 0. The van der Waals surface area contributed by atoms with Gasteiger partial charge in [-0.2, -0.15) is 13.2 Å². The molecule has 0 bridgehead atoms. The fourth-order valence-electron chi connectivity index (χ4n) is 2.44. The summed E-state index contributed by atoms with van der Waals surface area (Å²) in [4.78, 5) is 12.2. The molecule has 26 heavy (non-hydrogen) atoms. The molecule has 3 aromatic carbocycles. The fraction of sp³-hybridized carbons (Fsp3) is 0.0500. The van der Waals surface area contributed by atoms with Gasteiger partial charge in [-0.15, -0.1) is 0 Å². The van der Waals surface area contributed by atoms with Crippen molar-refractivity contribution >= 4 is 5.97 Å². The minimum Gasteiger partial charge on any atom is -0.422 e. The summed E-state index contributed by atoms with van der Waals surface area (Å²) in [7, 11) is 0. The average Bonchev–Trinajstić information content (AvgIpc) is 2.61. The Morgan fingerprint density at radius 1 is 0.846 bits per heavy atom. The van der Waals surface area contributed by atoms with Crippen molar-refractivity contribution in [3.8, 4) is 16.9 Å². The maximum absolute atomic E-state index is 13.7. The summed E-state index contributed by atoms with van der Waals surface area (Å²) in [6.45, 7) is 0. The Morgan fingerprint density at radius 3 is 2.15 bits per heavy atom. The first kappa shape index (κ1) is 17.7. The number of ether oxygens (including phenoxy) is 1. The number of para-hydroxylation sites is 1. The van der Waals surface area contributed by atoms with Gasteiger partial charge in [-0.25, -0.2) is 9.18 Å². The molecule has 0 atom stereocenters. The van der Waals surface area contributed by atoms with Crippen molar-refractivity contribution in [1.29, 1.82) is 0 Å². The molecule has 0 N–H and O–H groups in total. The molecule has 132 valence electrons. The highest BCUT2D eigenvalue weighted by Gasteiger charge is 2.34. The SMILES string of the molecule is O=C(Oc1ccccc1-c1ccccc1)c1ccc(C(F)(F)F)c(F)c1. The Balaban J connectivity index is 1.89. The average molecular weight is 360 g/mol. The maximum atomic E-state index is 13.7. The zero-order chi connectivity index (χ0) is 18.7. The second-order valence-corrected chi connectivity index (χ2v) is 5.44. The van der Waals surface area contributed by atoms with E-state index in [1.54, 1.807) is 24.3 Å². The van der Waals surface area contributed by atoms with E-state index in [0.717, 1.165) is 11.6 Å². The molecule has 0 fully saturated rings. The number of benzene rings is 3. The molecule has 3 rings (SSSR count). The lowest BCUT2D eigenvalue weighted by atomic mass is 10.0. The number of rotatable bonds is 3. The third-order valence-electron chi connectivity index (χ3n) is 3.68. The molecule has 0 spiro atoms. The zero-order valence-electron chi connectivity index (χ0n) is 13.3. The number of halogens is 4. The first-order valence-corrected chi connectivity index (χ1v) is 7.59. The van der Waals surface area contributed by atoms with Gasteiger partial charge in [0.2, 0.25) is 0 Å². The molecule has 0 unspecified atom stereocenters. The van der Waals surface area contributed by atoms with E-state index in [0.29, 0.717) is 17.7 Å². The summed E-state index contributed by atoms with van der Waals surface area (Å²) in [5.41, 5.74) is -0.305. The highest BCUT2D eigenvalue weighted by molar-refractivity contribution is 5.92. The highest BCUT2D eigenvalue weighted by Crippen LogP contribution is 2.33. The summed E-state index contributed by atoms with van der Waals surface area (Å²) in [5.74, 6) is -2.24. The summed E-state index contributed by atoms with van der Waals surface area (Å²) in [6.07, 6.45) is -4.83. The molecule has 0 aliphatic heterocycles. The van der Waals surface area contributed by atoms with Gasteiger partial charge in [0.15, 0.2) is 0 Å². The van der Waals surface area contributed by atoms with Gasteiger partial charge in [0.25, 0.3) is 0 Å². The van der Waals surface area contributed by atoms with Gasteiger partial charge in [0.05, 0.1) is 11.1 Å². The van der Waals surface area contributed by atoms with Crippen LogP contribution in [0.3, 0.4) is 0 Å². The largest absolute Gasteiger partial charge is 0.422 e. The number of carbonyl (C=O) groups is 1. The van der Waals surface area contributed by atoms with Crippen LogP contribution in [0, 0.1) is 5.82 Å². The molecule has 6 heteroatoms. The van der Waals surface area contributed by atoms with Crippen LogP contribution >= 0.6 is 0 Å². The van der Waals surface area contributed by atoms with Crippen LogP contribution < -0.4 is 4.74 Å². The van der Waals surface area contributed by atoms with Crippen molar-refractivity contribution in [1.82, 2.24) is 0 Å². The second kappa shape index (κ2) is 7.00. The van der Waals surface area contributed by atoms with E-state index < -0.39 is 23.5 Å². The molecule has 0 aliphatic carbocycles. The fourth-order valence-corrected chi connectivity index (χ4v) is 2.44. The molecular formula is C20H12F4O2. The van der Waals surface area contributed by atoms with E-state index in [2.05, 4.69) is 0 Å². The normalized spacial score (nSPS) is 11.2. The molecule has 2 nitrogen and oxygen atoms in total. The van der Waals surface area contributed by atoms with E-state index in [-0.39, 0.29) is 11.3 Å². The minimum atomic E-state index is -4.83. The summed E-state index contributed by atoms with van der Waals surface area (Å²) >= 11 is 0. The van der Waals surface area contributed by atoms with Crippen molar-refractivity contribution in [3.05, 3.63) is 89.7 Å². The van der Waals surface area contributed by atoms with E-state index in [4.69, 9.17) is 4.74 Å². The van der Waals surface area contributed by atoms with Gasteiger partial charge in [0, 0.05) is 5.56 Å². The number of esters is 1. The topological polar surface area (TPSA) is 26.3 Å². The van der Waals surface area contributed by atoms with Gasteiger partial charge in [-0.05, 0) is 29.8 Å². The minimum absolute atomic E-state index is 0.226. The van der Waals surface area contributed by atoms with Crippen LogP contribution in [0.1, 0.15) is 15.9 Å². The van der Waals surface area contributed by atoms with Gasteiger partial charge in [0.1, 0.15) is 11.6 Å². The van der Waals surface area contributed by atoms with E-state index in [1.165, 1.54) is 0 Å². The highest BCUT2D eigenvalue weighted by atomic mass is 19.4. The zero-order valence-corrected chi connectivity index (χ0v) is 13.3. The lowest BCUT2D eigenvalue weighted by Crippen LogP contribution is -2.13. The van der Waals surface area contributed by atoms with Crippen LogP contribution in [0.25, 0.3) is 11.1 Å². The molecule has 0 aliphatic rings. The third kappa shape index (κ3) is 3.74. The van der Waals surface area contributed by atoms with E-state index >= 15 is 0 Å². The van der Waals surface area contributed by atoms with Gasteiger partial charge in [-0.1, -0.05) is 48.5 Å². The first-order valence-electron chi connectivity index (χ1n) is 7.59. The second-order valence-electron chi connectivity index (χ2n) is 5.44. The molecule has 0 radical (unpaired) electrons. The Bertz CT molecular complexity index is 934. The Hall–Kier alpha value is -3.15.